The minimum atomic E-state index is -3.11. The molecule has 0 radical (unpaired) electrons. The van der Waals surface area contributed by atoms with E-state index in [1.165, 1.54) is 0 Å². The molecule has 0 amide bonds. The van der Waals surface area contributed by atoms with Crippen molar-refractivity contribution in [3.63, 3.8) is 0 Å². The lowest BCUT2D eigenvalue weighted by Crippen LogP contribution is -2.65. The molecule has 0 spiro atoms. The van der Waals surface area contributed by atoms with Gasteiger partial charge in [-0.2, -0.15) is 0 Å². The van der Waals surface area contributed by atoms with E-state index in [-0.39, 0.29) is 0 Å². The summed E-state index contributed by atoms with van der Waals surface area (Å²) < 4.78 is 26.2. The average molecular weight is 399 g/mol. The van der Waals surface area contributed by atoms with Gasteiger partial charge >= 0.3 is 9.05 Å². The second kappa shape index (κ2) is 7.44. The van der Waals surface area contributed by atoms with Gasteiger partial charge in [-0.25, -0.2) is 0 Å². The molecule has 0 bridgehead atoms. The lowest BCUT2D eigenvalue weighted by atomic mass is 11.0. The summed E-state index contributed by atoms with van der Waals surface area (Å²) in [6, 6.07) is 1.03. The Morgan fingerprint density at radius 2 is 0.773 bits per heavy atom. The lowest BCUT2D eigenvalue weighted by Gasteiger charge is -2.44. The largest absolute Gasteiger partial charge is 0.636 e. The molecule has 0 unspecified atom stereocenters. The van der Waals surface area contributed by atoms with Gasteiger partial charge in [-0.1, -0.05) is 6.92 Å². The standard InChI is InChI=1S/C13H38O4Si5/c1-13-21(11,12)17-22(14-18(2,3)4,15-19(5,6)7)16-20(8,9)10/h13H2,1-12H3. The Labute approximate surface area is 143 Å². The first kappa shape index (κ1) is 22.9. The number of rotatable bonds is 9. The van der Waals surface area contributed by atoms with Gasteiger partial charge in [-0.3, -0.25) is 0 Å². The highest BCUT2D eigenvalue weighted by Gasteiger charge is 2.55. The molecule has 0 atom stereocenters. The molecule has 0 aromatic carbocycles. The van der Waals surface area contributed by atoms with Crippen LogP contribution in [0.5, 0.6) is 0 Å². The summed E-state index contributed by atoms with van der Waals surface area (Å²) in [5.74, 6) is 0. The maximum absolute atomic E-state index is 6.62. The second-order valence-corrected chi connectivity index (χ2v) is 30.5. The van der Waals surface area contributed by atoms with Gasteiger partial charge in [0.15, 0.2) is 33.3 Å². The maximum Gasteiger partial charge on any atom is 0.636 e. The maximum atomic E-state index is 6.62. The predicted octanol–water partition coefficient (Wildman–Crippen LogP) is 5.22. The van der Waals surface area contributed by atoms with E-state index in [1.54, 1.807) is 0 Å². The Kier molecular flexibility index (Phi) is 7.75. The van der Waals surface area contributed by atoms with Crippen LogP contribution < -0.4 is 0 Å². The zero-order valence-corrected chi connectivity index (χ0v) is 21.8. The second-order valence-electron chi connectivity index (χ2n) is 9.36. The molecule has 0 saturated carbocycles. The molecular weight excluding hydrogens is 361 g/mol. The highest BCUT2D eigenvalue weighted by atomic mass is 28.5. The smallest absolute Gasteiger partial charge is 0.396 e. The first-order chi connectivity index (χ1) is 9.39. The van der Waals surface area contributed by atoms with Crippen molar-refractivity contribution in [2.45, 2.75) is 85.0 Å². The SMILES string of the molecule is CC[Si](C)(C)O[Si](O[Si](C)(C)C)(O[Si](C)(C)C)O[Si](C)(C)C. The van der Waals surface area contributed by atoms with Crippen molar-refractivity contribution in [2.75, 3.05) is 0 Å². The predicted molar refractivity (Wildman–Crippen MR) is 108 cm³/mol. The average Bonchev–Trinajstić information content (AvgIpc) is 2.06. The molecule has 0 fully saturated rings. The van der Waals surface area contributed by atoms with Crippen LogP contribution >= 0.6 is 0 Å². The Morgan fingerprint density at radius 1 is 0.500 bits per heavy atom. The van der Waals surface area contributed by atoms with Gasteiger partial charge in [0.25, 0.3) is 0 Å². The van der Waals surface area contributed by atoms with Crippen LogP contribution in [-0.2, 0) is 16.5 Å². The molecule has 0 aliphatic carbocycles. The quantitative estimate of drug-likeness (QED) is 0.499. The van der Waals surface area contributed by atoms with Crippen molar-refractivity contribution in [3.8, 4) is 0 Å². The van der Waals surface area contributed by atoms with Gasteiger partial charge in [-0.15, -0.1) is 0 Å². The van der Waals surface area contributed by atoms with Crippen LogP contribution in [0.3, 0.4) is 0 Å². The molecule has 0 aromatic rings. The van der Waals surface area contributed by atoms with E-state index in [1.807, 2.05) is 0 Å². The molecular formula is C13H38O4Si5. The Bertz CT molecular complexity index is 314. The van der Waals surface area contributed by atoms with Crippen molar-refractivity contribution in [1.29, 1.82) is 0 Å². The first-order valence-corrected chi connectivity index (χ1v) is 23.2. The van der Waals surface area contributed by atoms with Crippen LogP contribution in [-0.4, -0.2) is 42.3 Å². The highest BCUT2D eigenvalue weighted by Crippen LogP contribution is 2.30. The Hall–Kier alpha value is 0.924. The fourth-order valence-corrected chi connectivity index (χ4v) is 17.2. The van der Waals surface area contributed by atoms with Gasteiger partial charge in [-0.05, 0) is 78.1 Å². The van der Waals surface area contributed by atoms with E-state index in [0.717, 1.165) is 6.04 Å². The Morgan fingerprint density at radius 3 is 0.955 bits per heavy atom. The molecule has 4 nitrogen and oxygen atoms in total. The summed E-state index contributed by atoms with van der Waals surface area (Å²) in [6.45, 7) is 26.3. The number of hydrogen-bond donors (Lipinski definition) is 0. The van der Waals surface area contributed by atoms with E-state index >= 15 is 0 Å². The van der Waals surface area contributed by atoms with E-state index in [9.17, 15) is 0 Å². The fraction of sp³-hybridized carbons (Fsp3) is 1.00. The van der Waals surface area contributed by atoms with Crippen LogP contribution in [0.4, 0.5) is 0 Å². The molecule has 0 aliphatic rings. The van der Waals surface area contributed by atoms with Crippen LogP contribution in [0, 0.1) is 0 Å². The molecule has 0 saturated heterocycles. The fourth-order valence-electron chi connectivity index (χ4n) is 1.66. The third kappa shape index (κ3) is 10.7. The van der Waals surface area contributed by atoms with Crippen molar-refractivity contribution in [2.24, 2.45) is 0 Å². The zero-order valence-electron chi connectivity index (χ0n) is 16.8. The zero-order chi connectivity index (χ0) is 18.0. The molecule has 22 heavy (non-hydrogen) atoms. The summed E-state index contributed by atoms with van der Waals surface area (Å²) in [5, 5.41) is 0. The summed E-state index contributed by atoms with van der Waals surface area (Å²) in [6.07, 6.45) is 0. The van der Waals surface area contributed by atoms with E-state index in [4.69, 9.17) is 16.5 Å². The minimum absolute atomic E-state index is 1.03. The van der Waals surface area contributed by atoms with Gasteiger partial charge in [0.05, 0.1) is 0 Å². The molecule has 0 heterocycles. The third-order valence-corrected chi connectivity index (χ3v) is 17.8. The Balaban J connectivity index is 5.79. The highest BCUT2D eigenvalue weighted by molar-refractivity contribution is 6.91. The van der Waals surface area contributed by atoms with Gasteiger partial charge in [0.1, 0.15) is 0 Å². The van der Waals surface area contributed by atoms with E-state index in [2.05, 4.69) is 78.9 Å². The summed E-state index contributed by atoms with van der Waals surface area (Å²) in [4.78, 5) is 0. The molecule has 0 rings (SSSR count). The number of hydrogen-bond acceptors (Lipinski definition) is 4. The first-order valence-electron chi connectivity index (χ1n) is 8.19. The van der Waals surface area contributed by atoms with Crippen molar-refractivity contribution >= 4 is 42.3 Å². The van der Waals surface area contributed by atoms with E-state index in [0.29, 0.717) is 0 Å². The van der Waals surface area contributed by atoms with Crippen molar-refractivity contribution < 1.29 is 16.5 Å². The van der Waals surface area contributed by atoms with Crippen LogP contribution in [0.15, 0.2) is 0 Å². The molecule has 134 valence electrons. The van der Waals surface area contributed by atoms with Crippen LogP contribution in [0.25, 0.3) is 0 Å². The summed E-state index contributed by atoms with van der Waals surface area (Å²) in [5.41, 5.74) is 0. The molecule has 0 N–H and O–H groups in total. The molecule has 0 aromatic heterocycles. The summed E-state index contributed by atoms with van der Waals surface area (Å²) >= 11 is 0. The van der Waals surface area contributed by atoms with Gasteiger partial charge in [0, 0.05) is 0 Å². The molecule has 0 aliphatic heterocycles. The third-order valence-electron chi connectivity index (χ3n) is 2.55. The normalized spacial score (nSPS) is 15.3. The van der Waals surface area contributed by atoms with Crippen LogP contribution in [0.1, 0.15) is 6.92 Å². The minimum Gasteiger partial charge on any atom is -0.396 e. The molecule has 9 heteroatoms. The monoisotopic (exact) mass is 398 g/mol. The van der Waals surface area contributed by atoms with Gasteiger partial charge in [0.2, 0.25) is 0 Å². The topological polar surface area (TPSA) is 36.9 Å². The van der Waals surface area contributed by atoms with E-state index < -0.39 is 42.3 Å². The van der Waals surface area contributed by atoms with Crippen LogP contribution in [0.2, 0.25) is 78.1 Å². The van der Waals surface area contributed by atoms with Crippen molar-refractivity contribution in [3.05, 3.63) is 0 Å². The summed E-state index contributed by atoms with van der Waals surface area (Å²) in [7, 11) is -10.5. The van der Waals surface area contributed by atoms with Gasteiger partial charge < -0.3 is 16.5 Å². The van der Waals surface area contributed by atoms with Crippen molar-refractivity contribution in [1.82, 2.24) is 0 Å². The lowest BCUT2D eigenvalue weighted by molar-refractivity contribution is 0.148.